The van der Waals surface area contributed by atoms with Crippen LogP contribution in [0.25, 0.3) is 0 Å². The number of piperidine rings is 1. The van der Waals surface area contributed by atoms with Gasteiger partial charge in [0.15, 0.2) is 0 Å². The number of ketones is 1. The van der Waals surface area contributed by atoms with Crippen LogP contribution in [0.15, 0.2) is 0 Å². The zero-order chi connectivity index (χ0) is 12.3. The van der Waals surface area contributed by atoms with Gasteiger partial charge in [-0.3, -0.25) is 14.6 Å². The summed E-state index contributed by atoms with van der Waals surface area (Å²) in [6.45, 7) is 11.1. The number of carbonyl (C=O) groups excluding carboxylic acids is 1. The molecule has 0 radical (unpaired) electrons. The molecule has 2 rings (SSSR count). The van der Waals surface area contributed by atoms with Gasteiger partial charge in [-0.1, -0.05) is 13.8 Å². The fraction of sp³-hybridized carbons (Fsp3) is 0.923. The Labute approximate surface area is 104 Å². The molecule has 2 heterocycles. The molecule has 4 nitrogen and oxygen atoms in total. The van der Waals surface area contributed by atoms with Gasteiger partial charge < -0.3 is 4.74 Å². The summed E-state index contributed by atoms with van der Waals surface area (Å²) in [4.78, 5) is 16.3. The first-order valence-electron chi connectivity index (χ1n) is 6.78. The molecule has 0 aromatic rings. The summed E-state index contributed by atoms with van der Waals surface area (Å²) in [6, 6.07) is 0. The van der Waals surface area contributed by atoms with Gasteiger partial charge >= 0.3 is 0 Å². The Balaban J connectivity index is 1.78. The average molecular weight is 240 g/mol. The maximum absolute atomic E-state index is 11.5. The first kappa shape index (κ1) is 13.0. The van der Waals surface area contributed by atoms with Crippen LogP contribution < -0.4 is 0 Å². The highest BCUT2D eigenvalue weighted by atomic mass is 16.5. The molecule has 0 aromatic heterocycles. The van der Waals surface area contributed by atoms with Crippen molar-refractivity contribution in [2.75, 3.05) is 45.9 Å². The highest BCUT2D eigenvalue weighted by Crippen LogP contribution is 2.14. The summed E-state index contributed by atoms with van der Waals surface area (Å²) in [5, 5.41) is 0. The van der Waals surface area contributed by atoms with Crippen molar-refractivity contribution in [2.45, 2.75) is 26.4 Å². The maximum atomic E-state index is 11.5. The van der Waals surface area contributed by atoms with Gasteiger partial charge in [-0.05, 0) is 6.54 Å². The molecule has 0 spiro atoms. The van der Waals surface area contributed by atoms with Gasteiger partial charge in [-0.2, -0.15) is 0 Å². The van der Waals surface area contributed by atoms with Crippen molar-refractivity contribution < 1.29 is 9.53 Å². The molecule has 4 heteroatoms. The summed E-state index contributed by atoms with van der Waals surface area (Å²) in [6.07, 6.45) is 1.04. The Morgan fingerprint density at radius 3 is 2.82 bits per heavy atom. The van der Waals surface area contributed by atoms with Crippen molar-refractivity contribution in [1.29, 1.82) is 0 Å². The van der Waals surface area contributed by atoms with Gasteiger partial charge in [0, 0.05) is 45.1 Å². The second-order valence-electron chi connectivity index (χ2n) is 5.26. The molecule has 0 bridgehead atoms. The summed E-state index contributed by atoms with van der Waals surface area (Å²) in [5.74, 6) is 0.621. The van der Waals surface area contributed by atoms with E-state index in [1.165, 1.54) is 0 Å². The van der Waals surface area contributed by atoms with Crippen LogP contribution in [0.5, 0.6) is 0 Å². The van der Waals surface area contributed by atoms with Crippen LogP contribution in [0, 0.1) is 5.92 Å². The van der Waals surface area contributed by atoms with Crippen LogP contribution in [-0.2, 0) is 9.53 Å². The quantitative estimate of drug-likeness (QED) is 0.724. The molecule has 0 aliphatic carbocycles. The lowest BCUT2D eigenvalue weighted by Gasteiger charge is -2.37. The van der Waals surface area contributed by atoms with Crippen LogP contribution in [0.2, 0.25) is 0 Å². The van der Waals surface area contributed by atoms with Crippen molar-refractivity contribution in [1.82, 2.24) is 9.80 Å². The molecule has 2 atom stereocenters. The second-order valence-corrected chi connectivity index (χ2v) is 5.26. The van der Waals surface area contributed by atoms with E-state index in [9.17, 15) is 4.79 Å². The number of Topliss-reactive ketones (excluding diaryl/α,β-unsaturated/α-hetero) is 1. The Bertz CT molecular complexity index is 270. The summed E-state index contributed by atoms with van der Waals surface area (Å²) >= 11 is 0. The predicted molar refractivity (Wildman–Crippen MR) is 67.1 cm³/mol. The van der Waals surface area contributed by atoms with E-state index in [1.807, 2.05) is 6.92 Å². The Morgan fingerprint density at radius 2 is 2.12 bits per heavy atom. The molecular weight excluding hydrogens is 216 g/mol. The average Bonchev–Trinajstić information content (AvgIpc) is 2.34. The first-order chi connectivity index (χ1) is 8.19. The molecule has 2 unspecified atom stereocenters. The molecule has 0 saturated carbocycles. The van der Waals surface area contributed by atoms with Crippen LogP contribution in [0.1, 0.15) is 20.3 Å². The summed E-state index contributed by atoms with van der Waals surface area (Å²) in [7, 11) is 0. The fourth-order valence-electron chi connectivity index (χ4n) is 2.73. The van der Waals surface area contributed by atoms with Gasteiger partial charge in [-0.15, -0.1) is 0 Å². The van der Waals surface area contributed by atoms with Crippen LogP contribution >= 0.6 is 0 Å². The van der Waals surface area contributed by atoms with Crippen LogP contribution in [-0.4, -0.2) is 67.6 Å². The molecule has 2 saturated heterocycles. The van der Waals surface area contributed by atoms with Gasteiger partial charge in [-0.25, -0.2) is 0 Å². The fourth-order valence-corrected chi connectivity index (χ4v) is 2.73. The van der Waals surface area contributed by atoms with E-state index in [0.29, 0.717) is 18.3 Å². The minimum atomic E-state index is 0.203. The minimum Gasteiger partial charge on any atom is -0.374 e. The topological polar surface area (TPSA) is 32.8 Å². The number of carbonyl (C=O) groups is 1. The van der Waals surface area contributed by atoms with E-state index in [-0.39, 0.29) is 5.92 Å². The zero-order valence-corrected chi connectivity index (χ0v) is 11.0. The molecule has 0 N–H and O–H groups in total. The molecule has 2 fully saturated rings. The molecule has 0 amide bonds. The van der Waals surface area contributed by atoms with Crippen molar-refractivity contribution in [3.05, 3.63) is 0 Å². The number of morpholine rings is 1. The van der Waals surface area contributed by atoms with Gasteiger partial charge in [0.05, 0.1) is 12.7 Å². The summed E-state index contributed by atoms with van der Waals surface area (Å²) in [5.41, 5.74) is 0. The Kier molecular flexibility index (Phi) is 4.54. The molecular formula is C13H24N2O2. The van der Waals surface area contributed by atoms with E-state index in [4.69, 9.17) is 4.74 Å². The van der Waals surface area contributed by atoms with Crippen molar-refractivity contribution in [2.24, 2.45) is 5.92 Å². The highest BCUT2D eigenvalue weighted by molar-refractivity contribution is 5.81. The van der Waals surface area contributed by atoms with Crippen molar-refractivity contribution >= 4 is 5.78 Å². The lowest BCUT2D eigenvalue weighted by molar-refractivity contribution is -0.126. The van der Waals surface area contributed by atoms with E-state index < -0.39 is 0 Å². The van der Waals surface area contributed by atoms with Gasteiger partial charge in [0.1, 0.15) is 5.78 Å². The normalized spacial score (nSPS) is 32.9. The van der Waals surface area contributed by atoms with E-state index in [2.05, 4.69) is 16.7 Å². The van der Waals surface area contributed by atoms with E-state index >= 15 is 0 Å². The molecule has 2 aliphatic rings. The molecule has 98 valence electrons. The predicted octanol–water partition coefficient (Wildman–Crippen LogP) is 0.618. The smallest absolute Gasteiger partial charge is 0.138 e. The van der Waals surface area contributed by atoms with Crippen LogP contribution in [0.3, 0.4) is 0 Å². The number of likely N-dealkylation sites (tertiary alicyclic amines) is 1. The number of hydrogen-bond acceptors (Lipinski definition) is 4. The Morgan fingerprint density at radius 1 is 1.29 bits per heavy atom. The number of rotatable bonds is 3. The standard InChI is InChI=1S/C13H24N2O2/c1-3-14-6-7-17-12(9-14)10-15-5-4-13(16)11(2)8-15/h11-12H,3-10H2,1-2H3. The third-order valence-corrected chi connectivity index (χ3v) is 3.89. The van der Waals surface area contributed by atoms with E-state index in [0.717, 1.165) is 45.9 Å². The Hall–Kier alpha value is -0.450. The number of nitrogens with zero attached hydrogens (tertiary/aromatic N) is 2. The minimum absolute atomic E-state index is 0.203. The number of hydrogen-bond donors (Lipinski definition) is 0. The number of likely N-dealkylation sites (N-methyl/N-ethyl adjacent to an activating group) is 1. The SMILES string of the molecule is CCN1CCOC(CN2CCC(=O)C(C)C2)C1. The monoisotopic (exact) mass is 240 g/mol. The third kappa shape index (κ3) is 3.50. The van der Waals surface area contributed by atoms with Crippen molar-refractivity contribution in [3.63, 3.8) is 0 Å². The lowest BCUT2D eigenvalue weighted by Crippen LogP contribution is -2.50. The zero-order valence-electron chi connectivity index (χ0n) is 11.0. The third-order valence-electron chi connectivity index (χ3n) is 3.89. The van der Waals surface area contributed by atoms with Gasteiger partial charge in [0.25, 0.3) is 0 Å². The molecule has 2 aliphatic heterocycles. The van der Waals surface area contributed by atoms with E-state index in [1.54, 1.807) is 0 Å². The molecule has 0 aromatic carbocycles. The lowest BCUT2D eigenvalue weighted by atomic mass is 9.98. The highest BCUT2D eigenvalue weighted by Gasteiger charge is 2.27. The van der Waals surface area contributed by atoms with Crippen LogP contribution in [0.4, 0.5) is 0 Å². The maximum Gasteiger partial charge on any atom is 0.138 e. The summed E-state index contributed by atoms with van der Waals surface area (Å²) < 4.78 is 5.81. The first-order valence-corrected chi connectivity index (χ1v) is 6.78. The van der Waals surface area contributed by atoms with Crippen molar-refractivity contribution in [3.8, 4) is 0 Å². The second kappa shape index (κ2) is 5.94. The van der Waals surface area contributed by atoms with Gasteiger partial charge in [0.2, 0.25) is 0 Å². The molecule has 17 heavy (non-hydrogen) atoms. The number of ether oxygens (including phenoxy) is 1. The largest absolute Gasteiger partial charge is 0.374 e.